The average Bonchev–Trinajstić information content (AvgIpc) is 2.86. The van der Waals surface area contributed by atoms with Crippen molar-refractivity contribution in [3.05, 3.63) is 36.4 Å². The van der Waals surface area contributed by atoms with Crippen molar-refractivity contribution >= 4 is 0 Å². The van der Waals surface area contributed by atoms with Gasteiger partial charge in [-0.2, -0.15) is 0 Å². The first-order valence-electron chi connectivity index (χ1n) is 5.24. The lowest BCUT2D eigenvalue weighted by Gasteiger charge is -2.09. The summed E-state index contributed by atoms with van der Waals surface area (Å²) in [6.45, 7) is 0.431. The van der Waals surface area contributed by atoms with Crippen LogP contribution in [0.1, 0.15) is 5.69 Å². The first-order valence-corrected chi connectivity index (χ1v) is 5.24. The first-order chi connectivity index (χ1) is 8.28. The third kappa shape index (κ3) is 2.24. The Kier molecular flexibility index (Phi) is 3.30. The van der Waals surface area contributed by atoms with Gasteiger partial charge in [0.15, 0.2) is 11.5 Å². The highest BCUT2D eigenvalue weighted by Crippen LogP contribution is 2.28. The Balaban J connectivity index is 2.38. The fraction of sp³-hybridized carbons (Fsp3) is 0.250. The van der Waals surface area contributed by atoms with Crippen LogP contribution in [0.25, 0.3) is 5.69 Å². The zero-order valence-corrected chi connectivity index (χ0v) is 9.88. The smallest absolute Gasteiger partial charge is 0.162 e. The number of imidazole rings is 1. The molecule has 1 heterocycles. The standard InChI is InChI=1S/C12H15N3O2/c1-16-11-4-3-10(5-12(11)17-2)15-7-9(6-13)14-8-15/h3-5,7-8H,6,13H2,1-2H3. The molecular formula is C12H15N3O2. The molecule has 0 atom stereocenters. The van der Waals surface area contributed by atoms with Crippen molar-refractivity contribution in [2.45, 2.75) is 6.54 Å². The number of nitrogens with zero attached hydrogens (tertiary/aromatic N) is 2. The van der Waals surface area contributed by atoms with Crippen LogP contribution in [0.3, 0.4) is 0 Å². The summed E-state index contributed by atoms with van der Waals surface area (Å²) in [5.41, 5.74) is 7.32. The predicted octanol–water partition coefficient (Wildman–Crippen LogP) is 1.35. The molecule has 0 aliphatic heterocycles. The highest BCUT2D eigenvalue weighted by Gasteiger charge is 2.06. The van der Waals surface area contributed by atoms with Gasteiger partial charge in [-0.1, -0.05) is 0 Å². The maximum Gasteiger partial charge on any atom is 0.162 e. The van der Waals surface area contributed by atoms with E-state index in [1.807, 2.05) is 29.0 Å². The van der Waals surface area contributed by atoms with E-state index in [0.29, 0.717) is 18.0 Å². The van der Waals surface area contributed by atoms with Crippen molar-refractivity contribution in [1.29, 1.82) is 0 Å². The molecule has 0 fully saturated rings. The van der Waals surface area contributed by atoms with Crippen LogP contribution < -0.4 is 15.2 Å². The molecule has 90 valence electrons. The Labute approximate surface area is 99.8 Å². The summed E-state index contributed by atoms with van der Waals surface area (Å²) in [6, 6.07) is 5.68. The molecule has 5 heteroatoms. The van der Waals surface area contributed by atoms with E-state index in [1.54, 1.807) is 20.5 Å². The molecular weight excluding hydrogens is 218 g/mol. The minimum absolute atomic E-state index is 0.431. The molecule has 17 heavy (non-hydrogen) atoms. The molecule has 2 rings (SSSR count). The van der Waals surface area contributed by atoms with E-state index < -0.39 is 0 Å². The molecule has 0 radical (unpaired) electrons. The summed E-state index contributed by atoms with van der Waals surface area (Å²) in [4.78, 5) is 4.18. The lowest BCUT2D eigenvalue weighted by Crippen LogP contribution is -1.96. The summed E-state index contributed by atoms with van der Waals surface area (Å²) >= 11 is 0. The van der Waals surface area contributed by atoms with E-state index in [1.165, 1.54) is 0 Å². The highest BCUT2D eigenvalue weighted by molar-refractivity contribution is 5.48. The van der Waals surface area contributed by atoms with Crippen molar-refractivity contribution in [3.8, 4) is 17.2 Å². The molecule has 2 aromatic rings. The van der Waals surface area contributed by atoms with E-state index in [-0.39, 0.29) is 0 Å². The van der Waals surface area contributed by atoms with Crippen molar-refractivity contribution in [3.63, 3.8) is 0 Å². The fourth-order valence-electron chi connectivity index (χ4n) is 1.60. The second-order valence-corrected chi connectivity index (χ2v) is 3.52. The molecule has 1 aromatic heterocycles. The predicted molar refractivity (Wildman–Crippen MR) is 64.6 cm³/mol. The lowest BCUT2D eigenvalue weighted by molar-refractivity contribution is 0.355. The van der Waals surface area contributed by atoms with Gasteiger partial charge in [-0.05, 0) is 12.1 Å². The summed E-state index contributed by atoms with van der Waals surface area (Å²) in [5, 5.41) is 0. The molecule has 0 spiro atoms. The largest absolute Gasteiger partial charge is 0.493 e. The third-order valence-corrected chi connectivity index (χ3v) is 2.51. The van der Waals surface area contributed by atoms with Crippen LogP contribution in [0.4, 0.5) is 0 Å². The number of aromatic nitrogens is 2. The molecule has 0 bridgehead atoms. The molecule has 0 saturated heterocycles. The topological polar surface area (TPSA) is 62.3 Å². The van der Waals surface area contributed by atoms with Gasteiger partial charge in [0.05, 0.1) is 31.9 Å². The zero-order valence-electron chi connectivity index (χ0n) is 9.88. The molecule has 0 saturated carbocycles. The number of hydrogen-bond acceptors (Lipinski definition) is 4. The second-order valence-electron chi connectivity index (χ2n) is 3.52. The highest BCUT2D eigenvalue weighted by atomic mass is 16.5. The van der Waals surface area contributed by atoms with Crippen molar-refractivity contribution in [2.24, 2.45) is 5.73 Å². The lowest BCUT2D eigenvalue weighted by atomic mass is 10.2. The SMILES string of the molecule is COc1ccc(-n2cnc(CN)c2)cc1OC. The van der Waals surface area contributed by atoms with Gasteiger partial charge in [-0.15, -0.1) is 0 Å². The van der Waals surface area contributed by atoms with E-state index in [4.69, 9.17) is 15.2 Å². The summed E-state index contributed by atoms with van der Waals surface area (Å²) in [5.74, 6) is 1.39. The molecule has 5 nitrogen and oxygen atoms in total. The summed E-state index contributed by atoms with van der Waals surface area (Å²) in [7, 11) is 3.22. The monoisotopic (exact) mass is 233 g/mol. The van der Waals surface area contributed by atoms with Crippen molar-refractivity contribution in [2.75, 3.05) is 14.2 Å². The average molecular weight is 233 g/mol. The maximum absolute atomic E-state index is 5.52. The number of rotatable bonds is 4. The molecule has 1 aromatic carbocycles. The summed E-state index contributed by atoms with van der Waals surface area (Å²) < 4.78 is 12.3. The number of hydrogen-bond donors (Lipinski definition) is 1. The maximum atomic E-state index is 5.52. The van der Waals surface area contributed by atoms with Gasteiger partial charge in [0, 0.05) is 18.8 Å². The first kappa shape index (κ1) is 11.5. The quantitative estimate of drug-likeness (QED) is 0.865. The Morgan fingerprint density at radius 1 is 1.24 bits per heavy atom. The third-order valence-electron chi connectivity index (χ3n) is 2.51. The van der Waals surface area contributed by atoms with E-state index in [9.17, 15) is 0 Å². The van der Waals surface area contributed by atoms with Gasteiger partial charge in [0.25, 0.3) is 0 Å². The molecule has 0 unspecified atom stereocenters. The summed E-state index contributed by atoms with van der Waals surface area (Å²) in [6.07, 6.45) is 3.62. The van der Waals surface area contributed by atoms with Gasteiger partial charge >= 0.3 is 0 Å². The zero-order chi connectivity index (χ0) is 12.3. The number of ether oxygens (including phenoxy) is 2. The molecule has 0 aliphatic carbocycles. The van der Waals surface area contributed by atoms with Crippen LogP contribution in [0.2, 0.25) is 0 Å². The number of benzene rings is 1. The van der Waals surface area contributed by atoms with Gasteiger partial charge in [0.1, 0.15) is 0 Å². The van der Waals surface area contributed by atoms with Gasteiger partial charge in [-0.25, -0.2) is 4.98 Å². The van der Waals surface area contributed by atoms with Gasteiger partial charge in [-0.3, -0.25) is 0 Å². The normalized spacial score (nSPS) is 10.3. The van der Waals surface area contributed by atoms with Crippen LogP contribution in [0.15, 0.2) is 30.7 Å². The van der Waals surface area contributed by atoms with Crippen molar-refractivity contribution < 1.29 is 9.47 Å². The van der Waals surface area contributed by atoms with E-state index in [0.717, 1.165) is 11.4 Å². The Bertz CT molecular complexity index is 508. The van der Waals surface area contributed by atoms with Crippen LogP contribution in [-0.2, 0) is 6.54 Å². The number of methoxy groups -OCH3 is 2. The molecule has 2 N–H and O–H groups in total. The molecule has 0 aliphatic rings. The van der Waals surface area contributed by atoms with Crippen LogP contribution >= 0.6 is 0 Å². The van der Waals surface area contributed by atoms with Gasteiger partial charge < -0.3 is 19.8 Å². The minimum Gasteiger partial charge on any atom is -0.493 e. The van der Waals surface area contributed by atoms with E-state index in [2.05, 4.69) is 4.98 Å². The fourth-order valence-corrected chi connectivity index (χ4v) is 1.60. The minimum atomic E-state index is 0.431. The van der Waals surface area contributed by atoms with Crippen LogP contribution in [0.5, 0.6) is 11.5 Å². The Morgan fingerprint density at radius 3 is 2.59 bits per heavy atom. The van der Waals surface area contributed by atoms with Crippen molar-refractivity contribution in [1.82, 2.24) is 9.55 Å². The van der Waals surface area contributed by atoms with Crippen LogP contribution in [-0.4, -0.2) is 23.8 Å². The second kappa shape index (κ2) is 4.88. The van der Waals surface area contributed by atoms with Crippen LogP contribution in [0, 0.1) is 0 Å². The van der Waals surface area contributed by atoms with Gasteiger partial charge in [0.2, 0.25) is 0 Å². The van der Waals surface area contributed by atoms with E-state index >= 15 is 0 Å². The number of nitrogens with two attached hydrogens (primary N) is 1. The Morgan fingerprint density at radius 2 is 2.00 bits per heavy atom. The Hall–Kier alpha value is -2.01. The molecule has 0 amide bonds.